The highest BCUT2D eigenvalue weighted by molar-refractivity contribution is 5.95. The molecule has 1 fully saturated rings. The number of benzene rings is 2. The van der Waals surface area contributed by atoms with Crippen molar-refractivity contribution >= 4 is 28.5 Å². The van der Waals surface area contributed by atoms with Gasteiger partial charge < -0.3 is 15.2 Å². The molecule has 0 spiro atoms. The van der Waals surface area contributed by atoms with E-state index in [1.807, 2.05) is 48.5 Å². The second-order valence-electron chi connectivity index (χ2n) is 7.92. The van der Waals surface area contributed by atoms with Crippen LogP contribution < -0.4 is 10.2 Å². The van der Waals surface area contributed by atoms with E-state index in [9.17, 15) is 9.59 Å². The Labute approximate surface area is 170 Å². The van der Waals surface area contributed by atoms with Crippen molar-refractivity contribution in [3.05, 3.63) is 59.9 Å². The highest BCUT2D eigenvalue weighted by Crippen LogP contribution is 2.24. The molecule has 1 aliphatic heterocycles. The molecule has 1 aliphatic rings. The van der Waals surface area contributed by atoms with Gasteiger partial charge in [0, 0.05) is 18.7 Å². The average Bonchev–Trinajstić information content (AvgIpc) is 3.32. The molecule has 1 atom stereocenters. The number of nitrogens with zero attached hydrogens (tertiary/aromatic N) is 2. The Hall–Kier alpha value is -3.15. The maximum Gasteiger partial charge on any atom is 0.227 e. The number of hydrogen-bond acceptors (Lipinski definition) is 3. The summed E-state index contributed by atoms with van der Waals surface area (Å²) >= 11 is 0. The first-order valence-electron chi connectivity index (χ1n) is 10.1. The molecule has 0 radical (unpaired) electrons. The standard InChI is InChI=1S/C23H26N4O2/c1-15(2)22(23-24-18-6-3-4-7-19(18)25-23)26-20(28)14-16-9-11-17(12-10-16)27-13-5-8-21(27)29/h3-4,6-7,9-12,15,22H,5,8,13-14H2,1-2H3,(H,24,25)(H,26,28)/t22-/m1/s1. The number of para-hydroxylation sites is 2. The number of rotatable bonds is 6. The van der Waals surface area contributed by atoms with E-state index >= 15 is 0 Å². The molecule has 29 heavy (non-hydrogen) atoms. The number of carbonyl (C=O) groups is 2. The summed E-state index contributed by atoms with van der Waals surface area (Å²) in [4.78, 5) is 34.3. The molecule has 0 saturated carbocycles. The molecular formula is C23H26N4O2. The van der Waals surface area contributed by atoms with E-state index in [2.05, 4.69) is 29.1 Å². The first-order valence-corrected chi connectivity index (χ1v) is 10.1. The van der Waals surface area contributed by atoms with Gasteiger partial charge >= 0.3 is 0 Å². The lowest BCUT2D eigenvalue weighted by Crippen LogP contribution is -2.33. The molecule has 2 amide bonds. The number of amides is 2. The van der Waals surface area contributed by atoms with Crippen molar-refractivity contribution in [3.8, 4) is 0 Å². The van der Waals surface area contributed by atoms with Crippen LogP contribution in [0, 0.1) is 5.92 Å². The molecule has 2 aromatic carbocycles. The van der Waals surface area contributed by atoms with E-state index in [1.54, 1.807) is 4.90 Å². The first-order chi connectivity index (χ1) is 14.0. The van der Waals surface area contributed by atoms with Crippen molar-refractivity contribution < 1.29 is 9.59 Å². The number of imidazole rings is 1. The van der Waals surface area contributed by atoms with Crippen LogP contribution in [-0.2, 0) is 16.0 Å². The predicted molar refractivity (Wildman–Crippen MR) is 114 cm³/mol. The zero-order valence-corrected chi connectivity index (χ0v) is 16.8. The lowest BCUT2D eigenvalue weighted by atomic mass is 10.0. The average molecular weight is 390 g/mol. The van der Waals surface area contributed by atoms with E-state index < -0.39 is 0 Å². The van der Waals surface area contributed by atoms with E-state index in [1.165, 1.54) is 0 Å². The Morgan fingerprint density at radius 1 is 1.17 bits per heavy atom. The van der Waals surface area contributed by atoms with Crippen LogP contribution in [0.15, 0.2) is 48.5 Å². The number of anilines is 1. The fraction of sp³-hybridized carbons (Fsp3) is 0.348. The Bertz CT molecular complexity index is 990. The van der Waals surface area contributed by atoms with Gasteiger partial charge in [0.15, 0.2) is 0 Å². The monoisotopic (exact) mass is 390 g/mol. The number of hydrogen-bond donors (Lipinski definition) is 2. The molecular weight excluding hydrogens is 364 g/mol. The summed E-state index contributed by atoms with van der Waals surface area (Å²) in [6.07, 6.45) is 1.81. The minimum absolute atomic E-state index is 0.0471. The number of H-pyrrole nitrogens is 1. The van der Waals surface area contributed by atoms with E-state index in [0.717, 1.165) is 41.1 Å². The third-order valence-electron chi connectivity index (χ3n) is 5.37. The highest BCUT2D eigenvalue weighted by atomic mass is 16.2. The number of aromatic amines is 1. The van der Waals surface area contributed by atoms with Crippen LogP contribution in [0.2, 0.25) is 0 Å². The lowest BCUT2D eigenvalue weighted by Gasteiger charge is -2.20. The van der Waals surface area contributed by atoms with Crippen molar-refractivity contribution in [1.82, 2.24) is 15.3 Å². The van der Waals surface area contributed by atoms with Crippen molar-refractivity contribution in [2.45, 2.75) is 39.2 Å². The van der Waals surface area contributed by atoms with Crippen LogP contribution >= 0.6 is 0 Å². The predicted octanol–water partition coefficient (Wildman–Crippen LogP) is 3.75. The topological polar surface area (TPSA) is 78.1 Å². The quantitative estimate of drug-likeness (QED) is 0.673. The van der Waals surface area contributed by atoms with Gasteiger partial charge in [0.2, 0.25) is 11.8 Å². The second kappa shape index (κ2) is 8.07. The molecule has 1 saturated heterocycles. The molecule has 0 aliphatic carbocycles. The third kappa shape index (κ3) is 4.16. The fourth-order valence-corrected chi connectivity index (χ4v) is 3.80. The van der Waals surface area contributed by atoms with Crippen LogP contribution in [0.3, 0.4) is 0 Å². The molecule has 6 nitrogen and oxygen atoms in total. The van der Waals surface area contributed by atoms with Gasteiger partial charge in [-0.2, -0.15) is 0 Å². The molecule has 0 bridgehead atoms. The minimum atomic E-state index is -0.184. The maximum absolute atomic E-state index is 12.7. The Morgan fingerprint density at radius 3 is 2.59 bits per heavy atom. The highest BCUT2D eigenvalue weighted by Gasteiger charge is 2.23. The third-order valence-corrected chi connectivity index (χ3v) is 5.37. The van der Waals surface area contributed by atoms with Gasteiger partial charge in [-0.05, 0) is 42.2 Å². The molecule has 1 aromatic heterocycles. The SMILES string of the molecule is CC(C)[C@@H](NC(=O)Cc1ccc(N2CCCC2=O)cc1)c1nc2ccccc2[nH]1. The van der Waals surface area contributed by atoms with Gasteiger partial charge in [-0.1, -0.05) is 38.1 Å². The van der Waals surface area contributed by atoms with E-state index in [-0.39, 0.29) is 30.2 Å². The smallest absolute Gasteiger partial charge is 0.227 e. The zero-order chi connectivity index (χ0) is 20.4. The summed E-state index contributed by atoms with van der Waals surface area (Å²) in [7, 11) is 0. The van der Waals surface area contributed by atoms with Crippen molar-refractivity contribution in [2.24, 2.45) is 5.92 Å². The van der Waals surface area contributed by atoms with E-state index in [4.69, 9.17) is 0 Å². The summed E-state index contributed by atoms with van der Waals surface area (Å²) in [6, 6.07) is 15.4. The maximum atomic E-state index is 12.7. The molecule has 6 heteroatoms. The summed E-state index contributed by atoms with van der Waals surface area (Å²) in [6.45, 7) is 4.91. The minimum Gasteiger partial charge on any atom is -0.346 e. The summed E-state index contributed by atoms with van der Waals surface area (Å²) in [5.41, 5.74) is 3.69. The number of fused-ring (bicyclic) bond motifs is 1. The molecule has 2 heterocycles. The van der Waals surface area contributed by atoms with Crippen molar-refractivity contribution in [2.75, 3.05) is 11.4 Å². The van der Waals surface area contributed by atoms with Gasteiger partial charge in [-0.25, -0.2) is 4.98 Å². The summed E-state index contributed by atoms with van der Waals surface area (Å²) in [5.74, 6) is 1.09. The van der Waals surface area contributed by atoms with Gasteiger partial charge in [-0.15, -0.1) is 0 Å². The van der Waals surface area contributed by atoms with Gasteiger partial charge in [0.1, 0.15) is 5.82 Å². The van der Waals surface area contributed by atoms with Crippen LogP contribution in [-0.4, -0.2) is 28.3 Å². The van der Waals surface area contributed by atoms with Crippen LogP contribution in [0.1, 0.15) is 44.1 Å². The zero-order valence-electron chi connectivity index (χ0n) is 16.8. The van der Waals surface area contributed by atoms with Crippen LogP contribution in [0.5, 0.6) is 0 Å². The molecule has 4 rings (SSSR count). The van der Waals surface area contributed by atoms with Gasteiger partial charge in [0.25, 0.3) is 0 Å². The molecule has 0 unspecified atom stereocenters. The van der Waals surface area contributed by atoms with Crippen molar-refractivity contribution in [1.29, 1.82) is 0 Å². The van der Waals surface area contributed by atoms with Crippen LogP contribution in [0.4, 0.5) is 5.69 Å². The summed E-state index contributed by atoms with van der Waals surface area (Å²) in [5, 5.41) is 3.12. The Balaban J connectivity index is 1.43. The number of nitrogens with one attached hydrogen (secondary N) is 2. The van der Waals surface area contributed by atoms with Crippen LogP contribution in [0.25, 0.3) is 11.0 Å². The largest absolute Gasteiger partial charge is 0.346 e. The Morgan fingerprint density at radius 2 is 1.93 bits per heavy atom. The number of carbonyl (C=O) groups excluding carboxylic acids is 2. The molecule has 3 aromatic rings. The summed E-state index contributed by atoms with van der Waals surface area (Å²) < 4.78 is 0. The second-order valence-corrected chi connectivity index (χ2v) is 7.92. The van der Waals surface area contributed by atoms with Gasteiger partial charge in [0.05, 0.1) is 23.5 Å². The molecule has 150 valence electrons. The molecule has 2 N–H and O–H groups in total. The first kappa shape index (κ1) is 19.2. The normalized spacial score (nSPS) is 15.3. The fourth-order valence-electron chi connectivity index (χ4n) is 3.80. The Kier molecular flexibility index (Phi) is 5.34. The van der Waals surface area contributed by atoms with Gasteiger partial charge in [-0.3, -0.25) is 9.59 Å². The number of aromatic nitrogens is 2. The lowest BCUT2D eigenvalue weighted by molar-refractivity contribution is -0.121. The van der Waals surface area contributed by atoms with Crippen molar-refractivity contribution in [3.63, 3.8) is 0 Å². The van der Waals surface area contributed by atoms with E-state index in [0.29, 0.717) is 6.42 Å².